The van der Waals surface area contributed by atoms with Crippen LogP contribution in [0.4, 0.5) is 11.4 Å². The van der Waals surface area contributed by atoms with Gasteiger partial charge in [0.15, 0.2) is 0 Å². The van der Waals surface area contributed by atoms with Gasteiger partial charge in [-0.25, -0.2) is 0 Å². The summed E-state index contributed by atoms with van der Waals surface area (Å²) in [5.74, 6) is 0. The third-order valence-electron chi connectivity index (χ3n) is 3.15. The summed E-state index contributed by atoms with van der Waals surface area (Å²) in [5, 5.41) is 0. The first-order chi connectivity index (χ1) is 11.0. The Hall–Kier alpha value is -2.40. The zero-order chi connectivity index (χ0) is 18.1. The Morgan fingerprint density at radius 1 is 0.792 bits per heavy atom. The van der Waals surface area contributed by atoms with Crippen LogP contribution >= 0.6 is 0 Å². The summed E-state index contributed by atoms with van der Waals surface area (Å²) in [6.07, 6.45) is 2.86. The molecule has 2 aromatic rings. The predicted molar refractivity (Wildman–Crippen MR) is 90.3 cm³/mol. The van der Waals surface area contributed by atoms with Crippen molar-refractivity contribution in [3.8, 4) is 0 Å². The van der Waals surface area contributed by atoms with E-state index < -0.39 is 25.1 Å². The summed E-state index contributed by atoms with van der Waals surface area (Å²) in [4.78, 5) is -0.775. The fourth-order valence-corrected chi connectivity index (χ4v) is 3.30. The van der Waals surface area contributed by atoms with Crippen molar-refractivity contribution in [2.45, 2.75) is 9.79 Å². The quantitative estimate of drug-likeness (QED) is 0.358. The third-order valence-corrected chi connectivity index (χ3v) is 4.99. The van der Waals surface area contributed by atoms with Crippen molar-refractivity contribution >= 4 is 43.8 Å². The fourth-order valence-electron chi connectivity index (χ4n) is 1.99. The van der Waals surface area contributed by atoms with Crippen LogP contribution in [0.5, 0.6) is 0 Å². The minimum atomic E-state index is -4.59. The molecule has 6 N–H and O–H groups in total. The van der Waals surface area contributed by atoms with Crippen molar-refractivity contribution in [2.24, 2.45) is 0 Å². The van der Waals surface area contributed by atoms with Gasteiger partial charge < -0.3 is 11.5 Å². The van der Waals surface area contributed by atoms with E-state index in [4.69, 9.17) is 16.0 Å². The standard InChI is InChI=1S/C14H14N2O6S2/c15-12-8-5-10(14(13(12)16)24(20,21)22)4-1-9-2-6-11(7-3-9)23(17,18)19/h1-8H,15-16H2,(H,17,18,19)(H,20,21,22). The van der Waals surface area contributed by atoms with Crippen LogP contribution in [0.1, 0.15) is 11.1 Å². The van der Waals surface area contributed by atoms with Crippen molar-refractivity contribution in [1.29, 1.82) is 0 Å². The van der Waals surface area contributed by atoms with Crippen LogP contribution in [0, 0.1) is 0 Å². The molecule has 0 aliphatic carbocycles. The fraction of sp³-hybridized carbons (Fsp3) is 0. The molecule has 0 aliphatic heterocycles. The van der Waals surface area contributed by atoms with E-state index in [2.05, 4.69) is 0 Å². The molecule has 0 fully saturated rings. The molecule has 0 aliphatic rings. The van der Waals surface area contributed by atoms with E-state index in [0.29, 0.717) is 5.56 Å². The number of hydrogen-bond donors (Lipinski definition) is 4. The molecule has 0 saturated carbocycles. The van der Waals surface area contributed by atoms with Crippen molar-refractivity contribution in [3.05, 3.63) is 47.5 Å². The van der Waals surface area contributed by atoms with E-state index in [9.17, 15) is 21.4 Å². The van der Waals surface area contributed by atoms with Crippen LogP contribution in [0.2, 0.25) is 0 Å². The number of nitrogens with two attached hydrogens (primary N) is 2. The minimum Gasteiger partial charge on any atom is -0.397 e. The lowest BCUT2D eigenvalue weighted by Crippen LogP contribution is -2.08. The second-order valence-corrected chi connectivity index (χ2v) is 7.62. The Morgan fingerprint density at radius 3 is 1.88 bits per heavy atom. The van der Waals surface area contributed by atoms with Gasteiger partial charge in [-0.2, -0.15) is 16.8 Å². The summed E-state index contributed by atoms with van der Waals surface area (Å²) in [7, 11) is -8.88. The van der Waals surface area contributed by atoms with Gasteiger partial charge >= 0.3 is 0 Å². The summed E-state index contributed by atoms with van der Waals surface area (Å²) < 4.78 is 63.1. The molecular weight excluding hydrogens is 356 g/mol. The largest absolute Gasteiger partial charge is 0.397 e. The van der Waals surface area contributed by atoms with Crippen molar-refractivity contribution in [3.63, 3.8) is 0 Å². The molecule has 0 heterocycles. The Kier molecular flexibility index (Phi) is 4.67. The summed E-state index contributed by atoms with van der Waals surface area (Å²) >= 11 is 0. The SMILES string of the molecule is Nc1ccc(C=Cc2ccc(S(=O)(=O)O)cc2)c(S(=O)(=O)O)c1N. The van der Waals surface area contributed by atoms with E-state index in [-0.39, 0.29) is 21.8 Å². The first kappa shape index (κ1) is 17.9. The van der Waals surface area contributed by atoms with Gasteiger partial charge in [0, 0.05) is 0 Å². The van der Waals surface area contributed by atoms with E-state index >= 15 is 0 Å². The Labute approximate surface area is 138 Å². The van der Waals surface area contributed by atoms with Gasteiger partial charge in [-0.05, 0) is 29.3 Å². The highest BCUT2D eigenvalue weighted by molar-refractivity contribution is 7.86. The maximum absolute atomic E-state index is 11.5. The normalized spacial score (nSPS) is 12.6. The molecule has 0 radical (unpaired) electrons. The van der Waals surface area contributed by atoms with Crippen molar-refractivity contribution in [1.82, 2.24) is 0 Å². The molecule has 0 spiro atoms. The molecule has 10 heteroatoms. The average molecular weight is 370 g/mol. The highest BCUT2D eigenvalue weighted by Gasteiger charge is 2.19. The third kappa shape index (κ3) is 3.92. The van der Waals surface area contributed by atoms with Crippen LogP contribution in [-0.4, -0.2) is 25.9 Å². The van der Waals surface area contributed by atoms with Gasteiger partial charge in [0.1, 0.15) is 4.90 Å². The van der Waals surface area contributed by atoms with E-state index in [1.54, 1.807) is 0 Å². The predicted octanol–water partition coefficient (Wildman–Crippen LogP) is 1.51. The maximum atomic E-state index is 11.5. The molecule has 0 aromatic heterocycles. The van der Waals surface area contributed by atoms with Crippen molar-refractivity contribution in [2.75, 3.05) is 11.5 Å². The maximum Gasteiger partial charge on any atom is 0.297 e. The molecule has 2 rings (SSSR count). The molecule has 128 valence electrons. The van der Waals surface area contributed by atoms with Gasteiger partial charge in [-0.15, -0.1) is 0 Å². The van der Waals surface area contributed by atoms with Gasteiger partial charge in [-0.1, -0.05) is 30.4 Å². The van der Waals surface area contributed by atoms with Crippen molar-refractivity contribution < 1.29 is 25.9 Å². The van der Waals surface area contributed by atoms with Crippen LogP contribution in [0.25, 0.3) is 12.2 Å². The number of nitrogen functional groups attached to an aromatic ring is 2. The van der Waals surface area contributed by atoms with Gasteiger partial charge in [0.2, 0.25) is 0 Å². The van der Waals surface area contributed by atoms with Gasteiger partial charge in [-0.3, -0.25) is 9.11 Å². The molecule has 2 aromatic carbocycles. The molecular formula is C14H14N2O6S2. The highest BCUT2D eigenvalue weighted by Crippen LogP contribution is 2.29. The first-order valence-corrected chi connectivity index (χ1v) is 9.29. The second kappa shape index (κ2) is 6.24. The smallest absolute Gasteiger partial charge is 0.297 e. The zero-order valence-corrected chi connectivity index (χ0v) is 13.8. The molecule has 24 heavy (non-hydrogen) atoms. The second-order valence-electron chi connectivity index (χ2n) is 4.84. The molecule has 0 amide bonds. The first-order valence-electron chi connectivity index (χ1n) is 6.41. The number of rotatable bonds is 4. The lowest BCUT2D eigenvalue weighted by atomic mass is 10.1. The summed E-state index contributed by atoms with van der Waals surface area (Å²) in [5.41, 5.74) is 11.5. The van der Waals surface area contributed by atoms with E-state index in [0.717, 1.165) is 0 Å². The Balaban J connectivity index is 2.45. The topological polar surface area (TPSA) is 161 Å². The van der Waals surface area contributed by atoms with Gasteiger partial charge in [0.25, 0.3) is 20.2 Å². The minimum absolute atomic E-state index is 0.0114. The van der Waals surface area contributed by atoms with Crippen LogP contribution in [0.15, 0.2) is 46.2 Å². The molecule has 0 unspecified atom stereocenters. The van der Waals surface area contributed by atoms with E-state index in [1.807, 2.05) is 0 Å². The molecule has 0 atom stereocenters. The Morgan fingerprint density at radius 2 is 1.38 bits per heavy atom. The van der Waals surface area contributed by atoms with Gasteiger partial charge in [0.05, 0.1) is 16.3 Å². The zero-order valence-electron chi connectivity index (χ0n) is 12.1. The number of benzene rings is 2. The average Bonchev–Trinajstić information content (AvgIpc) is 2.46. The number of hydrogen-bond acceptors (Lipinski definition) is 6. The lowest BCUT2D eigenvalue weighted by molar-refractivity contribution is 0.481. The summed E-state index contributed by atoms with van der Waals surface area (Å²) in [6, 6.07) is 7.97. The number of anilines is 2. The van der Waals surface area contributed by atoms with Crippen LogP contribution in [-0.2, 0) is 20.2 Å². The lowest BCUT2D eigenvalue weighted by Gasteiger charge is -2.09. The van der Waals surface area contributed by atoms with E-state index in [1.165, 1.54) is 48.6 Å². The monoisotopic (exact) mass is 370 g/mol. The Bertz CT molecular complexity index is 1010. The molecule has 8 nitrogen and oxygen atoms in total. The molecule has 0 bridgehead atoms. The van der Waals surface area contributed by atoms with Crippen LogP contribution < -0.4 is 11.5 Å². The molecule has 0 saturated heterocycles. The van der Waals surface area contributed by atoms with Crippen LogP contribution in [0.3, 0.4) is 0 Å². The summed E-state index contributed by atoms with van der Waals surface area (Å²) in [6.45, 7) is 0. The highest BCUT2D eigenvalue weighted by atomic mass is 32.2.